The van der Waals surface area contributed by atoms with E-state index in [1.54, 1.807) is 6.92 Å². The van der Waals surface area contributed by atoms with Crippen molar-refractivity contribution in [3.63, 3.8) is 0 Å². The van der Waals surface area contributed by atoms with Gasteiger partial charge in [0.15, 0.2) is 5.88 Å². The van der Waals surface area contributed by atoms with Crippen LogP contribution < -0.4 is 11.1 Å². The summed E-state index contributed by atoms with van der Waals surface area (Å²) in [6.07, 6.45) is 0. The van der Waals surface area contributed by atoms with Crippen molar-refractivity contribution < 1.29 is 19.4 Å². The number of hydrogen-bond acceptors (Lipinski definition) is 4. The van der Waals surface area contributed by atoms with Gasteiger partial charge in [-0.05, 0) is 13.5 Å². The lowest BCUT2D eigenvalue weighted by molar-refractivity contribution is -0.136. The molecule has 0 aliphatic carbocycles. The first-order valence-electron chi connectivity index (χ1n) is 3.93. The van der Waals surface area contributed by atoms with Crippen LogP contribution in [0, 0.1) is 0 Å². The second-order valence-electron chi connectivity index (χ2n) is 2.21. The molecule has 1 amide bonds. The molecule has 0 saturated heterocycles. The van der Waals surface area contributed by atoms with Crippen LogP contribution in [0.15, 0.2) is 12.5 Å². The van der Waals surface area contributed by atoms with E-state index in [1.165, 1.54) is 6.92 Å². The van der Waals surface area contributed by atoms with E-state index < -0.39 is 5.97 Å². The van der Waals surface area contributed by atoms with Crippen molar-refractivity contribution in [2.75, 3.05) is 13.2 Å². The van der Waals surface area contributed by atoms with E-state index in [4.69, 9.17) is 9.84 Å². The van der Waals surface area contributed by atoms with Crippen LogP contribution in [0.5, 0.6) is 0 Å². The Hall–Kier alpha value is -1.72. The summed E-state index contributed by atoms with van der Waals surface area (Å²) in [5.41, 5.74) is 4.47. The second-order valence-corrected chi connectivity index (χ2v) is 2.21. The van der Waals surface area contributed by atoms with Gasteiger partial charge in [0.1, 0.15) is 6.54 Å². The van der Waals surface area contributed by atoms with E-state index in [0.29, 0.717) is 12.5 Å². The summed E-state index contributed by atoms with van der Waals surface area (Å²) in [7, 11) is 0. The molecule has 0 saturated carbocycles. The number of nitrogens with one attached hydrogen (secondary N) is 1. The second kappa shape index (κ2) is 9.37. The molecule has 0 fully saturated rings. The number of rotatable bonds is 5. The molecular formula is C8H16N2O4. The highest BCUT2D eigenvalue weighted by atomic mass is 16.5. The van der Waals surface area contributed by atoms with Crippen molar-refractivity contribution in [3.8, 4) is 0 Å². The molecule has 4 N–H and O–H groups in total. The standard InChI is InChI=1S/C6H11NO3.C2H5NO/c1-3-10-5(2)7-4-6(8)9;1-2(3)4/h7H,2-4H2,1H3,(H,8,9);1H3,(H2,3,4). The minimum Gasteiger partial charge on any atom is -0.480 e. The number of carbonyl (C=O) groups is 2. The van der Waals surface area contributed by atoms with Gasteiger partial charge in [-0.15, -0.1) is 0 Å². The average Bonchev–Trinajstić information content (AvgIpc) is 2.00. The van der Waals surface area contributed by atoms with Gasteiger partial charge in [-0.1, -0.05) is 0 Å². The molecule has 0 atom stereocenters. The number of ether oxygens (including phenoxy) is 1. The van der Waals surface area contributed by atoms with Crippen LogP contribution in [0.1, 0.15) is 13.8 Å². The molecule has 0 radical (unpaired) electrons. The summed E-state index contributed by atoms with van der Waals surface area (Å²) < 4.78 is 4.82. The van der Waals surface area contributed by atoms with Gasteiger partial charge in [-0.2, -0.15) is 0 Å². The predicted octanol–water partition coefficient (Wildman–Crippen LogP) is -0.340. The van der Waals surface area contributed by atoms with Gasteiger partial charge in [-0.3, -0.25) is 9.59 Å². The molecule has 0 bridgehead atoms. The van der Waals surface area contributed by atoms with Crippen LogP contribution >= 0.6 is 0 Å². The molecule has 0 unspecified atom stereocenters. The number of carboxylic acid groups (broad SMARTS) is 1. The highest BCUT2D eigenvalue weighted by Gasteiger charge is 1.95. The maximum absolute atomic E-state index is 9.95. The zero-order valence-corrected chi connectivity index (χ0v) is 8.37. The lowest BCUT2D eigenvalue weighted by Crippen LogP contribution is -2.22. The number of carboxylic acids is 1. The van der Waals surface area contributed by atoms with E-state index in [9.17, 15) is 9.59 Å². The Morgan fingerprint density at radius 3 is 2.29 bits per heavy atom. The SMILES string of the molecule is C=C(NCC(=O)O)OCC.CC(N)=O. The van der Waals surface area contributed by atoms with E-state index in [2.05, 4.69) is 17.6 Å². The lowest BCUT2D eigenvalue weighted by atomic mass is 10.6. The van der Waals surface area contributed by atoms with Crippen molar-refractivity contribution in [1.29, 1.82) is 0 Å². The summed E-state index contributed by atoms with van der Waals surface area (Å²) in [6, 6.07) is 0. The largest absolute Gasteiger partial charge is 0.480 e. The number of hydrogen-bond donors (Lipinski definition) is 3. The first-order chi connectivity index (χ1) is 6.40. The first kappa shape index (κ1) is 14.8. The topological polar surface area (TPSA) is 102 Å². The number of carbonyl (C=O) groups excluding carboxylic acids is 1. The van der Waals surface area contributed by atoms with Gasteiger partial charge in [0.2, 0.25) is 5.91 Å². The summed E-state index contributed by atoms with van der Waals surface area (Å²) >= 11 is 0. The molecule has 0 rings (SSSR count). The summed E-state index contributed by atoms with van der Waals surface area (Å²) in [5.74, 6) is -0.967. The molecule has 0 spiro atoms. The summed E-state index contributed by atoms with van der Waals surface area (Å²) in [6.45, 7) is 6.86. The summed E-state index contributed by atoms with van der Waals surface area (Å²) in [5, 5.41) is 10.6. The molecule has 14 heavy (non-hydrogen) atoms. The van der Waals surface area contributed by atoms with Crippen LogP contribution in [0.2, 0.25) is 0 Å². The van der Waals surface area contributed by atoms with E-state index in [-0.39, 0.29) is 12.5 Å². The lowest BCUT2D eigenvalue weighted by Gasteiger charge is -2.06. The molecule has 0 aromatic carbocycles. The Bertz CT molecular complexity index is 200. The number of aliphatic carboxylic acids is 1. The third kappa shape index (κ3) is 22.4. The third-order valence-electron chi connectivity index (χ3n) is 0.755. The normalized spacial score (nSPS) is 7.86. The van der Waals surface area contributed by atoms with E-state index in [1.807, 2.05) is 0 Å². The van der Waals surface area contributed by atoms with Crippen LogP contribution in [-0.2, 0) is 14.3 Å². The monoisotopic (exact) mass is 204 g/mol. The molecule has 82 valence electrons. The molecule has 6 heteroatoms. The first-order valence-corrected chi connectivity index (χ1v) is 3.93. The Kier molecular flexibility index (Phi) is 9.89. The van der Waals surface area contributed by atoms with Gasteiger partial charge in [-0.25, -0.2) is 0 Å². The van der Waals surface area contributed by atoms with Crippen LogP contribution in [-0.4, -0.2) is 30.1 Å². The molecule has 6 nitrogen and oxygen atoms in total. The fourth-order valence-corrected chi connectivity index (χ4v) is 0.399. The van der Waals surface area contributed by atoms with Crippen LogP contribution in [0.4, 0.5) is 0 Å². The Labute approximate surface area is 82.7 Å². The summed E-state index contributed by atoms with van der Waals surface area (Å²) in [4.78, 5) is 19.2. The van der Waals surface area contributed by atoms with Gasteiger partial charge >= 0.3 is 5.97 Å². The van der Waals surface area contributed by atoms with Crippen molar-refractivity contribution in [1.82, 2.24) is 5.32 Å². The van der Waals surface area contributed by atoms with Gasteiger partial charge < -0.3 is 20.9 Å². The van der Waals surface area contributed by atoms with Crippen molar-refractivity contribution in [3.05, 3.63) is 12.5 Å². The van der Waals surface area contributed by atoms with Crippen molar-refractivity contribution in [2.24, 2.45) is 5.73 Å². The number of primary amides is 1. The highest BCUT2D eigenvalue weighted by molar-refractivity contribution is 5.70. The van der Waals surface area contributed by atoms with Gasteiger partial charge in [0, 0.05) is 6.92 Å². The third-order valence-corrected chi connectivity index (χ3v) is 0.755. The number of nitrogens with two attached hydrogens (primary N) is 1. The molecule has 0 heterocycles. The Morgan fingerprint density at radius 1 is 1.57 bits per heavy atom. The molecule has 0 aliphatic heterocycles. The quantitative estimate of drug-likeness (QED) is 0.532. The molecule has 0 aliphatic rings. The predicted molar refractivity (Wildman–Crippen MR) is 51.3 cm³/mol. The fraction of sp³-hybridized carbons (Fsp3) is 0.500. The van der Waals surface area contributed by atoms with E-state index in [0.717, 1.165) is 0 Å². The highest BCUT2D eigenvalue weighted by Crippen LogP contribution is 1.84. The maximum Gasteiger partial charge on any atom is 0.322 e. The van der Waals surface area contributed by atoms with Gasteiger partial charge in [0.05, 0.1) is 6.61 Å². The maximum atomic E-state index is 9.95. The zero-order chi connectivity index (χ0) is 11.6. The zero-order valence-electron chi connectivity index (χ0n) is 8.37. The van der Waals surface area contributed by atoms with Crippen molar-refractivity contribution in [2.45, 2.75) is 13.8 Å². The minimum absolute atomic E-state index is 0.154. The van der Waals surface area contributed by atoms with Crippen molar-refractivity contribution >= 4 is 11.9 Å². The van der Waals surface area contributed by atoms with Crippen LogP contribution in [0.25, 0.3) is 0 Å². The smallest absolute Gasteiger partial charge is 0.322 e. The minimum atomic E-state index is -0.930. The fourth-order valence-electron chi connectivity index (χ4n) is 0.399. The van der Waals surface area contributed by atoms with Gasteiger partial charge in [0.25, 0.3) is 0 Å². The Balaban J connectivity index is 0. The number of amides is 1. The molecule has 0 aromatic rings. The molecular weight excluding hydrogens is 188 g/mol. The van der Waals surface area contributed by atoms with E-state index >= 15 is 0 Å². The molecule has 0 aromatic heterocycles. The Morgan fingerprint density at radius 2 is 2.00 bits per heavy atom. The average molecular weight is 204 g/mol. The van der Waals surface area contributed by atoms with Crippen LogP contribution in [0.3, 0.4) is 0 Å².